The number of carboxylic acids is 1. The molecule has 0 aliphatic carbocycles. The van der Waals surface area contributed by atoms with Crippen LogP contribution in [0.5, 0.6) is 5.75 Å². The molecule has 114 valence electrons. The minimum absolute atomic E-state index is 0.205. The quantitative estimate of drug-likeness (QED) is 0.569. The molecular weight excluding hydrogens is 270 g/mol. The predicted octanol–water partition coefficient (Wildman–Crippen LogP) is 2.33. The largest absolute Gasteiger partial charge is 0.496 e. The molecule has 5 nitrogen and oxygen atoms in total. The molecule has 1 aromatic carbocycles. The molecule has 1 amide bonds. The number of aliphatic carboxylic acids is 1. The average molecular weight is 291 g/mol. The minimum atomic E-state index is -0.808. The Bertz CT molecular complexity index is 511. The second kappa shape index (κ2) is 8.79. The van der Waals surface area contributed by atoms with Gasteiger partial charge in [-0.2, -0.15) is 0 Å². The number of carboxylic acid groups (broad SMARTS) is 1. The van der Waals surface area contributed by atoms with E-state index < -0.39 is 5.97 Å². The number of benzene rings is 1. The molecule has 2 N–H and O–H groups in total. The normalized spacial score (nSPS) is 12.1. The average Bonchev–Trinajstić information content (AvgIpc) is 2.49. The fourth-order valence-electron chi connectivity index (χ4n) is 1.77. The molecule has 1 rings (SSSR count). The molecule has 0 aliphatic heterocycles. The molecule has 0 bridgehead atoms. The molecule has 0 radical (unpaired) electrons. The fraction of sp³-hybridized carbons (Fsp3) is 0.375. The van der Waals surface area contributed by atoms with Crippen LogP contribution in [0.3, 0.4) is 0 Å². The lowest BCUT2D eigenvalue weighted by atomic mass is 10.1. The van der Waals surface area contributed by atoms with E-state index in [1.165, 1.54) is 6.08 Å². The monoisotopic (exact) mass is 291 g/mol. The number of para-hydroxylation sites is 1. The zero-order valence-electron chi connectivity index (χ0n) is 12.3. The first kappa shape index (κ1) is 16.8. The summed E-state index contributed by atoms with van der Waals surface area (Å²) in [6.45, 7) is 2.12. The third-order valence-corrected chi connectivity index (χ3v) is 3.09. The second-order valence-corrected chi connectivity index (χ2v) is 4.75. The predicted molar refractivity (Wildman–Crippen MR) is 81.1 cm³/mol. The van der Waals surface area contributed by atoms with E-state index in [0.29, 0.717) is 25.1 Å². The van der Waals surface area contributed by atoms with Crippen LogP contribution in [0.25, 0.3) is 6.08 Å². The maximum absolute atomic E-state index is 11.6. The Morgan fingerprint density at radius 3 is 2.76 bits per heavy atom. The molecule has 21 heavy (non-hydrogen) atoms. The first-order valence-electron chi connectivity index (χ1n) is 6.86. The van der Waals surface area contributed by atoms with Gasteiger partial charge in [-0.05, 0) is 25.0 Å². The molecule has 0 saturated heterocycles. The number of hydrogen-bond acceptors (Lipinski definition) is 3. The molecule has 0 heterocycles. The summed E-state index contributed by atoms with van der Waals surface area (Å²) >= 11 is 0. The minimum Gasteiger partial charge on any atom is -0.496 e. The number of rotatable bonds is 8. The summed E-state index contributed by atoms with van der Waals surface area (Å²) in [6.07, 6.45) is 4.32. The number of methoxy groups -OCH3 is 1. The van der Waals surface area contributed by atoms with Crippen LogP contribution >= 0.6 is 0 Å². The molecule has 1 unspecified atom stereocenters. The molecule has 0 saturated carbocycles. The molecule has 0 aromatic heterocycles. The standard InChI is InChI=1S/C16H21NO4/c1-12(16(19)20)6-5-11-17-15(18)10-9-13-7-3-4-8-14(13)21-2/h3-4,7-10,12H,5-6,11H2,1-2H3,(H,17,18)(H,19,20)/b10-9+. The maximum Gasteiger partial charge on any atom is 0.306 e. The molecule has 1 aromatic rings. The lowest BCUT2D eigenvalue weighted by Gasteiger charge is -2.06. The summed E-state index contributed by atoms with van der Waals surface area (Å²) in [4.78, 5) is 22.3. The van der Waals surface area contributed by atoms with Crippen molar-refractivity contribution < 1.29 is 19.4 Å². The van der Waals surface area contributed by atoms with Crippen LogP contribution in [0.15, 0.2) is 30.3 Å². The van der Waals surface area contributed by atoms with Crippen LogP contribution in [0.1, 0.15) is 25.3 Å². The van der Waals surface area contributed by atoms with Crippen LogP contribution in [-0.4, -0.2) is 30.6 Å². The van der Waals surface area contributed by atoms with Crippen LogP contribution < -0.4 is 10.1 Å². The number of hydrogen-bond donors (Lipinski definition) is 2. The Morgan fingerprint density at radius 1 is 1.38 bits per heavy atom. The number of carbonyl (C=O) groups is 2. The Hall–Kier alpha value is -2.30. The zero-order chi connectivity index (χ0) is 15.7. The number of carbonyl (C=O) groups excluding carboxylic acids is 1. The number of ether oxygens (including phenoxy) is 1. The van der Waals surface area contributed by atoms with E-state index in [2.05, 4.69) is 5.32 Å². The SMILES string of the molecule is COc1ccccc1/C=C/C(=O)NCCCC(C)C(=O)O. The molecule has 1 atom stereocenters. The van der Waals surface area contributed by atoms with Crippen molar-refractivity contribution in [2.75, 3.05) is 13.7 Å². The Balaban J connectivity index is 2.37. The van der Waals surface area contributed by atoms with Crippen molar-refractivity contribution in [2.24, 2.45) is 5.92 Å². The van der Waals surface area contributed by atoms with Crippen molar-refractivity contribution in [3.63, 3.8) is 0 Å². The van der Waals surface area contributed by atoms with E-state index in [9.17, 15) is 9.59 Å². The van der Waals surface area contributed by atoms with Crippen molar-refractivity contribution in [3.8, 4) is 5.75 Å². The fourth-order valence-corrected chi connectivity index (χ4v) is 1.77. The summed E-state index contributed by atoms with van der Waals surface area (Å²) in [6, 6.07) is 7.41. The summed E-state index contributed by atoms with van der Waals surface area (Å²) in [5.74, 6) is -0.691. The van der Waals surface area contributed by atoms with Gasteiger partial charge < -0.3 is 15.2 Å². The van der Waals surface area contributed by atoms with E-state index in [4.69, 9.17) is 9.84 Å². The van der Waals surface area contributed by atoms with Crippen molar-refractivity contribution in [3.05, 3.63) is 35.9 Å². The summed E-state index contributed by atoms with van der Waals surface area (Å²) in [5.41, 5.74) is 0.828. The van der Waals surface area contributed by atoms with Gasteiger partial charge in [0, 0.05) is 18.2 Å². The van der Waals surface area contributed by atoms with Gasteiger partial charge in [0.05, 0.1) is 13.0 Å². The van der Waals surface area contributed by atoms with E-state index in [1.807, 2.05) is 24.3 Å². The van der Waals surface area contributed by atoms with Gasteiger partial charge in [0.2, 0.25) is 5.91 Å². The Kier molecular flexibility index (Phi) is 7.01. The van der Waals surface area contributed by atoms with E-state index in [1.54, 1.807) is 20.1 Å². The third kappa shape index (κ3) is 6.12. The van der Waals surface area contributed by atoms with Crippen LogP contribution in [0, 0.1) is 5.92 Å². The molecule has 0 fully saturated rings. The second-order valence-electron chi connectivity index (χ2n) is 4.75. The summed E-state index contributed by atoms with van der Waals surface area (Å²) in [5, 5.41) is 11.5. The van der Waals surface area contributed by atoms with Gasteiger partial charge in [0.1, 0.15) is 5.75 Å². The smallest absolute Gasteiger partial charge is 0.306 e. The third-order valence-electron chi connectivity index (χ3n) is 3.09. The van der Waals surface area contributed by atoms with Gasteiger partial charge in [-0.1, -0.05) is 25.1 Å². The summed E-state index contributed by atoms with van der Waals surface area (Å²) in [7, 11) is 1.58. The Labute approximate surface area is 124 Å². The highest BCUT2D eigenvalue weighted by molar-refractivity contribution is 5.92. The number of amides is 1. The Morgan fingerprint density at radius 2 is 2.10 bits per heavy atom. The highest BCUT2D eigenvalue weighted by atomic mass is 16.5. The molecule has 0 spiro atoms. The van der Waals surface area contributed by atoms with Crippen molar-refractivity contribution >= 4 is 18.0 Å². The van der Waals surface area contributed by atoms with Crippen molar-refractivity contribution in [2.45, 2.75) is 19.8 Å². The highest BCUT2D eigenvalue weighted by Gasteiger charge is 2.09. The lowest BCUT2D eigenvalue weighted by molar-refractivity contribution is -0.141. The first-order valence-corrected chi connectivity index (χ1v) is 6.86. The summed E-state index contributed by atoms with van der Waals surface area (Å²) < 4.78 is 5.19. The van der Waals surface area contributed by atoms with Gasteiger partial charge in [0.25, 0.3) is 0 Å². The van der Waals surface area contributed by atoms with E-state index >= 15 is 0 Å². The topological polar surface area (TPSA) is 75.6 Å². The van der Waals surface area contributed by atoms with Crippen LogP contribution in [-0.2, 0) is 9.59 Å². The lowest BCUT2D eigenvalue weighted by Crippen LogP contribution is -2.23. The highest BCUT2D eigenvalue weighted by Crippen LogP contribution is 2.18. The molecule has 5 heteroatoms. The van der Waals surface area contributed by atoms with E-state index in [-0.39, 0.29) is 11.8 Å². The van der Waals surface area contributed by atoms with Gasteiger partial charge in [-0.15, -0.1) is 0 Å². The van der Waals surface area contributed by atoms with Gasteiger partial charge in [-0.3, -0.25) is 9.59 Å². The number of nitrogens with one attached hydrogen (secondary N) is 1. The van der Waals surface area contributed by atoms with Gasteiger partial charge in [-0.25, -0.2) is 0 Å². The molecular formula is C16H21NO4. The zero-order valence-corrected chi connectivity index (χ0v) is 12.3. The van der Waals surface area contributed by atoms with Crippen molar-refractivity contribution in [1.29, 1.82) is 0 Å². The van der Waals surface area contributed by atoms with Gasteiger partial charge in [0.15, 0.2) is 0 Å². The van der Waals surface area contributed by atoms with E-state index in [0.717, 1.165) is 5.56 Å². The first-order chi connectivity index (χ1) is 10.0. The molecule has 0 aliphatic rings. The van der Waals surface area contributed by atoms with Gasteiger partial charge >= 0.3 is 5.97 Å². The van der Waals surface area contributed by atoms with Crippen LogP contribution in [0.2, 0.25) is 0 Å². The maximum atomic E-state index is 11.6. The van der Waals surface area contributed by atoms with Crippen LogP contribution in [0.4, 0.5) is 0 Å². The van der Waals surface area contributed by atoms with Crippen molar-refractivity contribution in [1.82, 2.24) is 5.32 Å².